The second kappa shape index (κ2) is 5.40. The lowest BCUT2D eigenvalue weighted by Gasteiger charge is -2.25. The lowest BCUT2D eigenvalue weighted by molar-refractivity contribution is 0.0730. The Morgan fingerprint density at radius 3 is 2.67 bits per heavy atom. The lowest BCUT2D eigenvalue weighted by Crippen LogP contribution is -2.40. The van der Waals surface area contributed by atoms with Crippen LogP contribution in [0.3, 0.4) is 0 Å². The first kappa shape index (κ1) is 13.5. The van der Waals surface area contributed by atoms with Gasteiger partial charge in [0.1, 0.15) is 4.90 Å². The van der Waals surface area contributed by atoms with Crippen LogP contribution in [0.15, 0.2) is 17.2 Å². The summed E-state index contributed by atoms with van der Waals surface area (Å²) >= 11 is 0. The number of rotatable bonds is 4. The molecule has 1 aromatic rings. The Kier molecular flexibility index (Phi) is 4.06. The summed E-state index contributed by atoms with van der Waals surface area (Å²) in [5.74, 6) is 0. The standard InChI is InChI=1S/C11H19N3O3S/c1-12-8-10-7-11(9-13(10)2)18(15,16)14-3-5-17-6-4-14/h7,9,12H,3-6,8H2,1-2H3. The molecule has 1 fully saturated rings. The summed E-state index contributed by atoms with van der Waals surface area (Å²) in [5, 5.41) is 3.02. The van der Waals surface area contributed by atoms with Gasteiger partial charge in [0.25, 0.3) is 0 Å². The van der Waals surface area contributed by atoms with Crippen molar-refractivity contribution in [1.29, 1.82) is 0 Å². The molecule has 18 heavy (non-hydrogen) atoms. The van der Waals surface area contributed by atoms with E-state index >= 15 is 0 Å². The zero-order valence-corrected chi connectivity index (χ0v) is 11.5. The maximum Gasteiger partial charge on any atom is 0.244 e. The second-order valence-electron chi connectivity index (χ2n) is 4.32. The Labute approximate surface area is 108 Å². The van der Waals surface area contributed by atoms with E-state index < -0.39 is 10.0 Å². The summed E-state index contributed by atoms with van der Waals surface area (Å²) < 4.78 is 33.3. The largest absolute Gasteiger partial charge is 0.379 e. The first-order valence-electron chi connectivity index (χ1n) is 5.93. The number of morpholine rings is 1. The number of sulfonamides is 1. The molecule has 1 aliphatic heterocycles. The molecule has 0 spiro atoms. The Morgan fingerprint density at radius 2 is 2.06 bits per heavy atom. The van der Waals surface area contributed by atoms with Crippen LogP contribution in [0.5, 0.6) is 0 Å². The van der Waals surface area contributed by atoms with Gasteiger partial charge in [0.15, 0.2) is 0 Å². The minimum atomic E-state index is -3.38. The van der Waals surface area contributed by atoms with Crippen molar-refractivity contribution in [3.8, 4) is 0 Å². The van der Waals surface area contributed by atoms with Crippen LogP contribution < -0.4 is 5.32 Å². The lowest BCUT2D eigenvalue weighted by atomic mass is 10.4. The van der Waals surface area contributed by atoms with Gasteiger partial charge in [0.05, 0.1) is 13.2 Å². The number of hydrogen-bond acceptors (Lipinski definition) is 4. The van der Waals surface area contributed by atoms with Crippen LogP contribution in [-0.2, 0) is 28.4 Å². The average molecular weight is 273 g/mol. The number of nitrogens with zero attached hydrogens (tertiary/aromatic N) is 2. The zero-order valence-electron chi connectivity index (χ0n) is 10.7. The van der Waals surface area contributed by atoms with Gasteiger partial charge in [-0.25, -0.2) is 8.42 Å². The van der Waals surface area contributed by atoms with Gasteiger partial charge in [-0.2, -0.15) is 4.31 Å². The fourth-order valence-corrected chi connectivity index (χ4v) is 3.52. The summed E-state index contributed by atoms with van der Waals surface area (Å²) in [7, 11) is 0.311. The third-order valence-electron chi connectivity index (χ3n) is 3.05. The Bertz CT molecular complexity index is 504. The normalized spacial score (nSPS) is 18.1. The topological polar surface area (TPSA) is 63.6 Å². The van der Waals surface area contributed by atoms with Gasteiger partial charge >= 0.3 is 0 Å². The van der Waals surface area contributed by atoms with Crippen molar-refractivity contribution < 1.29 is 13.2 Å². The molecule has 7 heteroatoms. The monoisotopic (exact) mass is 273 g/mol. The summed E-state index contributed by atoms with van der Waals surface area (Å²) in [4.78, 5) is 0.358. The second-order valence-corrected chi connectivity index (χ2v) is 6.26. The van der Waals surface area contributed by atoms with E-state index in [1.54, 1.807) is 12.3 Å². The molecule has 0 radical (unpaired) electrons. The van der Waals surface area contributed by atoms with Crippen LogP contribution in [-0.4, -0.2) is 50.6 Å². The van der Waals surface area contributed by atoms with E-state index in [4.69, 9.17) is 4.74 Å². The van der Waals surface area contributed by atoms with Crippen LogP contribution >= 0.6 is 0 Å². The zero-order chi connectivity index (χ0) is 13.2. The van der Waals surface area contributed by atoms with Crippen molar-refractivity contribution in [2.24, 2.45) is 7.05 Å². The highest BCUT2D eigenvalue weighted by molar-refractivity contribution is 7.89. The van der Waals surface area contributed by atoms with Crippen molar-refractivity contribution in [2.45, 2.75) is 11.4 Å². The smallest absolute Gasteiger partial charge is 0.244 e. The number of aromatic nitrogens is 1. The molecule has 1 aromatic heterocycles. The number of aryl methyl sites for hydroxylation is 1. The highest BCUT2D eigenvalue weighted by Crippen LogP contribution is 2.19. The highest BCUT2D eigenvalue weighted by atomic mass is 32.2. The molecule has 6 nitrogen and oxygen atoms in total. The highest BCUT2D eigenvalue weighted by Gasteiger charge is 2.27. The molecule has 2 heterocycles. The Hall–Kier alpha value is -0.890. The molecular weight excluding hydrogens is 254 g/mol. The predicted octanol–water partition coefficient (Wildman–Crippen LogP) is -0.235. The molecule has 0 aliphatic carbocycles. The summed E-state index contributed by atoms with van der Waals surface area (Å²) in [6.45, 7) is 2.44. The minimum absolute atomic E-state index is 0.358. The van der Waals surface area contributed by atoms with E-state index in [1.807, 2.05) is 18.7 Å². The third-order valence-corrected chi connectivity index (χ3v) is 4.91. The van der Waals surface area contributed by atoms with Gasteiger partial charge in [-0.05, 0) is 13.1 Å². The molecule has 1 saturated heterocycles. The van der Waals surface area contributed by atoms with Gasteiger partial charge in [0, 0.05) is 38.6 Å². The number of nitrogens with one attached hydrogen (secondary N) is 1. The fourth-order valence-electron chi connectivity index (χ4n) is 2.01. The molecule has 0 amide bonds. The van der Waals surface area contributed by atoms with Gasteiger partial charge in [-0.15, -0.1) is 0 Å². The minimum Gasteiger partial charge on any atom is -0.379 e. The molecule has 0 aromatic carbocycles. The summed E-state index contributed by atoms with van der Waals surface area (Å²) in [6, 6.07) is 1.72. The van der Waals surface area contributed by atoms with E-state index in [2.05, 4.69) is 5.32 Å². The summed E-state index contributed by atoms with van der Waals surface area (Å²) in [5.41, 5.74) is 0.948. The van der Waals surface area contributed by atoms with Crippen molar-refractivity contribution >= 4 is 10.0 Å². The van der Waals surface area contributed by atoms with E-state index in [0.717, 1.165) is 5.69 Å². The predicted molar refractivity (Wildman–Crippen MR) is 67.8 cm³/mol. The fraction of sp³-hybridized carbons (Fsp3) is 0.636. The number of ether oxygens (including phenoxy) is 1. The molecule has 0 unspecified atom stereocenters. The Balaban J connectivity index is 2.26. The maximum absolute atomic E-state index is 12.4. The van der Waals surface area contributed by atoms with Crippen LogP contribution in [0.2, 0.25) is 0 Å². The molecule has 1 aliphatic rings. The van der Waals surface area contributed by atoms with Gasteiger partial charge in [-0.3, -0.25) is 0 Å². The quantitative estimate of drug-likeness (QED) is 0.823. The van der Waals surface area contributed by atoms with Crippen LogP contribution in [0.4, 0.5) is 0 Å². The molecular formula is C11H19N3O3S. The van der Waals surface area contributed by atoms with Crippen molar-refractivity contribution in [1.82, 2.24) is 14.2 Å². The first-order chi connectivity index (χ1) is 8.55. The molecule has 0 bridgehead atoms. The molecule has 1 N–H and O–H groups in total. The third kappa shape index (κ3) is 2.59. The summed E-state index contributed by atoms with van der Waals surface area (Å²) in [6.07, 6.45) is 1.66. The van der Waals surface area contributed by atoms with Crippen LogP contribution in [0, 0.1) is 0 Å². The van der Waals surface area contributed by atoms with Gasteiger partial charge in [0.2, 0.25) is 10.0 Å². The van der Waals surface area contributed by atoms with Crippen molar-refractivity contribution in [3.05, 3.63) is 18.0 Å². The van der Waals surface area contributed by atoms with Gasteiger partial charge in [-0.1, -0.05) is 0 Å². The Morgan fingerprint density at radius 1 is 1.39 bits per heavy atom. The van der Waals surface area contributed by atoms with E-state index in [1.165, 1.54) is 4.31 Å². The van der Waals surface area contributed by atoms with E-state index in [9.17, 15) is 8.42 Å². The van der Waals surface area contributed by atoms with Crippen molar-refractivity contribution in [2.75, 3.05) is 33.4 Å². The first-order valence-corrected chi connectivity index (χ1v) is 7.37. The van der Waals surface area contributed by atoms with Crippen LogP contribution in [0.25, 0.3) is 0 Å². The average Bonchev–Trinajstić information content (AvgIpc) is 2.73. The van der Waals surface area contributed by atoms with E-state index in [-0.39, 0.29) is 0 Å². The maximum atomic E-state index is 12.4. The molecule has 0 atom stereocenters. The number of hydrogen-bond donors (Lipinski definition) is 1. The molecule has 102 valence electrons. The van der Waals surface area contributed by atoms with E-state index in [0.29, 0.717) is 37.7 Å². The molecule has 0 saturated carbocycles. The molecule has 2 rings (SSSR count). The van der Waals surface area contributed by atoms with Crippen molar-refractivity contribution in [3.63, 3.8) is 0 Å². The SMILES string of the molecule is CNCc1cc(S(=O)(=O)N2CCOCC2)cn1C. The van der Waals surface area contributed by atoms with Gasteiger partial charge < -0.3 is 14.6 Å². The van der Waals surface area contributed by atoms with Crippen LogP contribution in [0.1, 0.15) is 5.69 Å².